The molecule has 3 aliphatic rings. The van der Waals surface area contributed by atoms with E-state index in [1.807, 2.05) is 4.90 Å². The van der Waals surface area contributed by atoms with Gasteiger partial charge in [-0.3, -0.25) is 9.69 Å². The number of rotatable bonds is 1. The van der Waals surface area contributed by atoms with Crippen LogP contribution < -0.4 is 0 Å². The number of carbonyl (C=O) groups excluding carboxylic acids is 1. The molecule has 2 atom stereocenters. The van der Waals surface area contributed by atoms with E-state index >= 15 is 0 Å². The van der Waals surface area contributed by atoms with Crippen LogP contribution in [0.25, 0.3) is 0 Å². The third kappa shape index (κ3) is 3.15. The molecule has 6 nitrogen and oxygen atoms in total. The van der Waals surface area contributed by atoms with Crippen LogP contribution in [0.2, 0.25) is 0 Å². The molecule has 0 saturated carbocycles. The first kappa shape index (κ1) is 14.6. The Morgan fingerprint density at radius 1 is 0.857 bits per heavy atom. The van der Waals surface area contributed by atoms with E-state index in [-0.39, 0.29) is 6.03 Å². The molecule has 118 valence electrons. The van der Waals surface area contributed by atoms with Gasteiger partial charge in [-0.2, -0.15) is 0 Å². The SMILES string of the molecule is O=C(O)C1CCCN(C(=O)N2CCN3CCCCC3C2)C1. The highest BCUT2D eigenvalue weighted by atomic mass is 16.4. The van der Waals surface area contributed by atoms with Gasteiger partial charge < -0.3 is 14.9 Å². The zero-order valence-corrected chi connectivity index (χ0v) is 12.5. The van der Waals surface area contributed by atoms with E-state index in [1.165, 1.54) is 19.3 Å². The maximum atomic E-state index is 12.6. The lowest BCUT2D eigenvalue weighted by molar-refractivity contribution is -0.143. The molecule has 3 saturated heterocycles. The smallest absolute Gasteiger partial charge is 0.320 e. The molecule has 1 N–H and O–H groups in total. The first-order valence-electron chi connectivity index (χ1n) is 8.16. The summed E-state index contributed by atoms with van der Waals surface area (Å²) in [6.07, 6.45) is 5.20. The largest absolute Gasteiger partial charge is 0.481 e. The van der Waals surface area contributed by atoms with Gasteiger partial charge in [-0.25, -0.2) is 4.79 Å². The third-order valence-corrected chi connectivity index (χ3v) is 5.15. The summed E-state index contributed by atoms with van der Waals surface area (Å²) >= 11 is 0. The van der Waals surface area contributed by atoms with Gasteiger partial charge in [0.25, 0.3) is 0 Å². The molecule has 2 unspecified atom stereocenters. The molecule has 2 amide bonds. The van der Waals surface area contributed by atoms with Crippen LogP contribution in [0, 0.1) is 5.92 Å². The molecule has 3 fully saturated rings. The summed E-state index contributed by atoms with van der Waals surface area (Å²) in [6.45, 7) is 4.80. The fourth-order valence-electron chi connectivity index (χ4n) is 3.88. The van der Waals surface area contributed by atoms with Crippen molar-refractivity contribution in [1.82, 2.24) is 14.7 Å². The summed E-state index contributed by atoms with van der Waals surface area (Å²) in [5.74, 6) is -1.16. The molecule has 0 spiro atoms. The molecule has 6 heteroatoms. The van der Waals surface area contributed by atoms with Gasteiger partial charge in [0, 0.05) is 38.8 Å². The van der Waals surface area contributed by atoms with Crippen molar-refractivity contribution < 1.29 is 14.7 Å². The van der Waals surface area contributed by atoms with Crippen molar-refractivity contribution in [3.63, 3.8) is 0 Å². The van der Waals surface area contributed by atoms with Crippen molar-refractivity contribution >= 4 is 12.0 Å². The number of urea groups is 1. The van der Waals surface area contributed by atoms with Crippen molar-refractivity contribution in [3.8, 4) is 0 Å². The first-order valence-corrected chi connectivity index (χ1v) is 8.16. The third-order valence-electron chi connectivity index (χ3n) is 5.15. The number of fused-ring (bicyclic) bond motifs is 1. The number of aliphatic carboxylic acids is 1. The number of nitrogens with zero attached hydrogens (tertiary/aromatic N) is 3. The topological polar surface area (TPSA) is 64.1 Å². The number of piperazine rings is 1. The molecular weight excluding hydrogens is 270 g/mol. The van der Waals surface area contributed by atoms with Crippen molar-refractivity contribution in [1.29, 1.82) is 0 Å². The van der Waals surface area contributed by atoms with Crippen LogP contribution >= 0.6 is 0 Å². The number of carbonyl (C=O) groups is 2. The van der Waals surface area contributed by atoms with Crippen LogP contribution in [0.5, 0.6) is 0 Å². The van der Waals surface area contributed by atoms with E-state index < -0.39 is 11.9 Å². The van der Waals surface area contributed by atoms with Crippen LogP contribution in [0.3, 0.4) is 0 Å². The zero-order chi connectivity index (χ0) is 14.8. The second-order valence-corrected chi connectivity index (χ2v) is 6.54. The normalized spacial score (nSPS) is 30.9. The van der Waals surface area contributed by atoms with Crippen LogP contribution in [0.4, 0.5) is 4.79 Å². The maximum absolute atomic E-state index is 12.6. The van der Waals surface area contributed by atoms with E-state index in [0.717, 1.165) is 32.6 Å². The van der Waals surface area contributed by atoms with Crippen molar-refractivity contribution in [3.05, 3.63) is 0 Å². The molecule has 0 aliphatic carbocycles. The molecule has 0 bridgehead atoms. The van der Waals surface area contributed by atoms with Gasteiger partial charge in [-0.15, -0.1) is 0 Å². The van der Waals surface area contributed by atoms with Crippen molar-refractivity contribution in [2.45, 2.75) is 38.1 Å². The second kappa shape index (κ2) is 6.22. The number of carboxylic acids is 1. The number of hydrogen-bond acceptors (Lipinski definition) is 3. The Bertz CT molecular complexity index is 415. The fraction of sp³-hybridized carbons (Fsp3) is 0.867. The van der Waals surface area contributed by atoms with Gasteiger partial charge in [-0.05, 0) is 32.2 Å². The molecule has 0 aromatic carbocycles. The van der Waals surface area contributed by atoms with Crippen molar-refractivity contribution in [2.24, 2.45) is 5.92 Å². The summed E-state index contributed by atoms with van der Waals surface area (Å²) < 4.78 is 0. The Labute approximate surface area is 125 Å². The number of hydrogen-bond donors (Lipinski definition) is 1. The number of likely N-dealkylation sites (tertiary alicyclic amines) is 1. The van der Waals surface area contributed by atoms with Crippen molar-refractivity contribution in [2.75, 3.05) is 39.3 Å². The Balaban J connectivity index is 1.58. The highest BCUT2D eigenvalue weighted by molar-refractivity contribution is 5.77. The molecule has 0 aromatic heterocycles. The standard InChI is InChI=1S/C15H25N3O3/c19-14(20)12-4-3-7-17(10-12)15(21)18-9-8-16-6-2-1-5-13(16)11-18/h12-13H,1-11H2,(H,19,20). The lowest BCUT2D eigenvalue weighted by Gasteiger charge is -2.45. The van der Waals surface area contributed by atoms with E-state index in [4.69, 9.17) is 5.11 Å². The first-order chi connectivity index (χ1) is 10.1. The van der Waals surface area contributed by atoms with E-state index in [2.05, 4.69) is 4.90 Å². The number of carboxylic acid groups (broad SMARTS) is 1. The van der Waals surface area contributed by atoms with Gasteiger partial charge in [0.15, 0.2) is 0 Å². The predicted octanol–water partition coefficient (Wildman–Crippen LogP) is 1.07. The van der Waals surface area contributed by atoms with Gasteiger partial charge in [-0.1, -0.05) is 6.42 Å². The lowest BCUT2D eigenvalue weighted by atomic mass is 9.98. The minimum absolute atomic E-state index is 0.0474. The van der Waals surface area contributed by atoms with Gasteiger partial charge in [0.05, 0.1) is 5.92 Å². The molecule has 0 radical (unpaired) electrons. The van der Waals surface area contributed by atoms with E-state index in [9.17, 15) is 9.59 Å². The number of amides is 2. The predicted molar refractivity (Wildman–Crippen MR) is 78.1 cm³/mol. The molecule has 3 aliphatic heterocycles. The van der Waals surface area contributed by atoms with Gasteiger partial charge in [0.1, 0.15) is 0 Å². The van der Waals surface area contributed by atoms with E-state index in [1.54, 1.807) is 4.90 Å². The molecule has 3 rings (SSSR count). The number of piperidine rings is 2. The Hall–Kier alpha value is -1.30. The summed E-state index contributed by atoms with van der Waals surface area (Å²) in [5, 5.41) is 9.14. The highest BCUT2D eigenvalue weighted by Crippen LogP contribution is 2.23. The molecule has 0 aromatic rings. The average Bonchev–Trinajstić information content (AvgIpc) is 2.53. The Kier molecular flexibility index (Phi) is 4.33. The maximum Gasteiger partial charge on any atom is 0.320 e. The quantitative estimate of drug-likeness (QED) is 0.786. The monoisotopic (exact) mass is 295 g/mol. The average molecular weight is 295 g/mol. The molecular formula is C15H25N3O3. The lowest BCUT2D eigenvalue weighted by Crippen LogP contribution is -2.59. The zero-order valence-electron chi connectivity index (χ0n) is 12.5. The fourth-order valence-corrected chi connectivity index (χ4v) is 3.88. The summed E-state index contributed by atoms with van der Waals surface area (Å²) in [5.41, 5.74) is 0. The minimum Gasteiger partial charge on any atom is -0.481 e. The Morgan fingerprint density at radius 3 is 2.48 bits per heavy atom. The molecule has 3 heterocycles. The Morgan fingerprint density at radius 2 is 1.67 bits per heavy atom. The van der Waals surface area contributed by atoms with Gasteiger partial charge >= 0.3 is 12.0 Å². The highest BCUT2D eigenvalue weighted by Gasteiger charge is 2.35. The van der Waals surface area contributed by atoms with Crippen LogP contribution in [-0.4, -0.2) is 77.1 Å². The van der Waals surface area contributed by atoms with Gasteiger partial charge in [0.2, 0.25) is 0 Å². The second-order valence-electron chi connectivity index (χ2n) is 6.54. The van der Waals surface area contributed by atoms with Crippen LogP contribution in [-0.2, 0) is 4.79 Å². The van der Waals surface area contributed by atoms with Crippen LogP contribution in [0.1, 0.15) is 32.1 Å². The summed E-state index contributed by atoms with van der Waals surface area (Å²) in [7, 11) is 0. The van der Waals surface area contributed by atoms with E-state index in [0.29, 0.717) is 25.6 Å². The summed E-state index contributed by atoms with van der Waals surface area (Å²) in [4.78, 5) is 30.0. The minimum atomic E-state index is -0.774. The van der Waals surface area contributed by atoms with Crippen LogP contribution in [0.15, 0.2) is 0 Å². The summed E-state index contributed by atoms with van der Waals surface area (Å²) in [6, 6.07) is 0.558. The molecule has 21 heavy (non-hydrogen) atoms.